The summed E-state index contributed by atoms with van der Waals surface area (Å²) in [6, 6.07) is 17.7. The Morgan fingerprint density at radius 1 is 0.875 bits per heavy atom. The van der Waals surface area contributed by atoms with E-state index in [0.29, 0.717) is 17.9 Å². The number of rotatable bonds is 2. The molecule has 1 saturated carbocycles. The molecule has 2 heteroatoms. The van der Waals surface area contributed by atoms with E-state index in [1.54, 1.807) is 5.57 Å². The molecule has 2 fully saturated rings. The molecule has 0 N–H and O–H groups in total. The Bertz CT molecular complexity index is 1250. The molecule has 0 bridgehead atoms. The average molecular weight is 420 g/mol. The predicted octanol–water partition coefficient (Wildman–Crippen LogP) is 7.54. The van der Waals surface area contributed by atoms with Crippen LogP contribution < -0.4 is 0 Å². The lowest BCUT2D eigenvalue weighted by Gasteiger charge is -2.32. The van der Waals surface area contributed by atoms with Gasteiger partial charge in [-0.25, -0.2) is 0 Å². The Balaban J connectivity index is 1.28. The van der Waals surface area contributed by atoms with Crippen LogP contribution in [0, 0.1) is 11.8 Å². The smallest absolute Gasteiger partial charge is 0.135 e. The van der Waals surface area contributed by atoms with E-state index < -0.39 is 0 Å². The van der Waals surface area contributed by atoms with Crippen molar-refractivity contribution in [1.29, 1.82) is 0 Å². The predicted molar refractivity (Wildman–Crippen MR) is 131 cm³/mol. The van der Waals surface area contributed by atoms with Gasteiger partial charge >= 0.3 is 0 Å². The van der Waals surface area contributed by atoms with E-state index in [1.807, 2.05) is 0 Å². The number of allylic oxidation sites excluding steroid dienone is 2. The van der Waals surface area contributed by atoms with Gasteiger partial charge in [0.15, 0.2) is 0 Å². The van der Waals surface area contributed by atoms with Crippen LogP contribution in [0.3, 0.4) is 0 Å². The second-order valence-corrected chi connectivity index (χ2v) is 10.0. The monoisotopic (exact) mass is 419 g/mol. The zero-order chi connectivity index (χ0) is 21.1. The number of hydrogen-bond donors (Lipinski definition) is 0. The molecule has 2 aromatic carbocycles. The summed E-state index contributed by atoms with van der Waals surface area (Å²) in [4.78, 5) is 2.55. The first kappa shape index (κ1) is 18.6. The lowest BCUT2D eigenvalue weighted by molar-refractivity contribution is 0.350. The molecule has 0 radical (unpaired) electrons. The maximum atomic E-state index is 6.67. The van der Waals surface area contributed by atoms with Gasteiger partial charge in [0, 0.05) is 29.3 Å². The van der Waals surface area contributed by atoms with Crippen LogP contribution in [0.15, 0.2) is 82.9 Å². The van der Waals surface area contributed by atoms with Crippen molar-refractivity contribution in [2.45, 2.75) is 44.1 Å². The highest BCUT2D eigenvalue weighted by molar-refractivity contribution is 5.92. The molecule has 0 spiro atoms. The van der Waals surface area contributed by atoms with Crippen molar-refractivity contribution in [2.75, 3.05) is 6.54 Å². The first-order valence-electron chi connectivity index (χ1n) is 12.3. The molecule has 3 unspecified atom stereocenters. The first-order chi connectivity index (χ1) is 15.8. The molecule has 7 rings (SSSR count). The van der Waals surface area contributed by atoms with Gasteiger partial charge in [0.25, 0.3) is 0 Å². The summed E-state index contributed by atoms with van der Waals surface area (Å²) in [5, 5.41) is 1.25. The fraction of sp³-hybridized carbons (Fsp3) is 0.333. The molecule has 3 aromatic rings. The zero-order valence-corrected chi connectivity index (χ0v) is 18.4. The van der Waals surface area contributed by atoms with E-state index in [4.69, 9.17) is 4.42 Å². The van der Waals surface area contributed by atoms with Gasteiger partial charge in [-0.05, 0) is 59.9 Å². The molecule has 32 heavy (non-hydrogen) atoms. The minimum Gasteiger partial charge on any atom is -0.460 e. The van der Waals surface area contributed by atoms with Crippen LogP contribution in [0.2, 0.25) is 0 Å². The summed E-state index contributed by atoms with van der Waals surface area (Å²) in [7, 11) is 0. The van der Waals surface area contributed by atoms with Gasteiger partial charge in [-0.2, -0.15) is 0 Å². The van der Waals surface area contributed by atoms with Crippen LogP contribution in [0.25, 0.3) is 28.2 Å². The van der Waals surface area contributed by atoms with Gasteiger partial charge in [-0.15, -0.1) is 0 Å². The van der Waals surface area contributed by atoms with Gasteiger partial charge in [-0.3, -0.25) is 0 Å². The SMILES string of the molecule is C1=CN2CC3C=Cc4c(oc5cc(-c6ccccc6)ccc45)C3C2C=C1C1CCCCC1. The molecule has 4 aliphatic rings. The maximum Gasteiger partial charge on any atom is 0.135 e. The molecule has 3 atom stereocenters. The molecule has 160 valence electrons. The van der Waals surface area contributed by atoms with Crippen LogP contribution in [-0.2, 0) is 0 Å². The van der Waals surface area contributed by atoms with Crippen molar-refractivity contribution in [3.05, 3.63) is 89.9 Å². The molecule has 0 amide bonds. The molecular formula is C30H29NO. The lowest BCUT2D eigenvalue weighted by atomic mass is 9.78. The van der Waals surface area contributed by atoms with Crippen molar-refractivity contribution in [3.8, 4) is 11.1 Å². The quantitative estimate of drug-likeness (QED) is 0.426. The molecule has 2 aliphatic carbocycles. The highest BCUT2D eigenvalue weighted by atomic mass is 16.3. The highest BCUT2D eigenvalue weighted by Crippen LogP contribution is 2.49. The van der Waals surface area contributed by atoms with Gasteiger partial charge in [0.05, 0.1) is 6.04 Å². The second kappa shape index (κ2) is 7.27. The topological polar surface area (TPSA) is 16.4 Å². The third-order valence-corrected chi connectivity index (χ3v) is 8.21. The highest BCUT2D eigenvalue weighted by Gasteiger charge is 2.45. The standard InChI is InChI=1S/C30H29NO/c1-3-7-20(8-4-1)22-11-13-25-26-14-12-24-19-31-16-15-23(21-9-5-2-6-10-21)17-27(31)29(24)30(26)32-28(25)18-22/h1,3-4,7-8,11-18,21,24,27,29H,2,5-6,9-10,19H2. The molecule has 2 nitrogen and oxygen atoms in total. The van der Waals surface area contributed by atoms with Gasteiger partial charge in [0.2, 0.25) is 0 Å². The average Bonchev–Trinajstić information content (AvgIpc) is 3.42. The first-order valence-corrected chi connectivity index (χ1v) is 12.3. The fourth-order valence-electron chi connectivity index (χ4n) is 6.56. The Hall–Kier alpha value is -3.00. The summed E-state index contributed by atoms with van der Waals surface area (Å²) >= 11 is 0. The molecule has 1 aromatic heterocycles. The molecule has 3 heterocycles. The normalized spacial score (nSPS) is 26.7. The van der Waals surface area contributed by atoms with Crippen LogP contribution in [-0.4, -0.2) is 17.5 Å². The number of hydrogen-bond acceptors (Lipinski definition) is 2. The fourth-order valence-corrected chi connectivity index (χ4v) is 6.56. The Labute approximate surface area is 189 Å². The van der Waals surface area contributed by atoms with E-state index in [9.17, 15) is 0 Å². The summed E-state index contributed by atoms with van der Waals surface area (Å²) in [5.41, 5.74) is 6.34. The zero-order valence-electron chi connectivity index (χ0n) is 18.4. The largest absolute Gasteiger partial charge is 0.460 e. The van der Waals surface area contributed by atoms with Crippen LogP contribution in [0.5, 0.6) is 0 Å². The minimum absolute atomic E-state index is 0.408. The number of benzene rings is 2. The van der Waals surface area contributed by atoms with Gasteiger partial charge in [-0.1, -0.05) is 73.9 Å². The number of fused-ring (bicyclic) bond motifs is 7. The third kappa shape index (κ3) is 2.85. The van der Waals surface area contributed by atoms with Crippen LogP contribution >= 0.6 is 0 Å². The van der Waals surface area contributed by atoms with Crippen molar-refractivity contribution >= 4 is 17.0 Å². The van der Waals surface area contributed by atoms with E-state index in [-0.39, 0.29) is 0 Å². The third-order valence-electron chi connectivity index (χ3n) is 8.21. The van der Waals surface area contributed by atoms with E-state index in [0.717, 1.165) is 18.0 Å². The second-order valence-electron chi connectivity index (χ2n) is 10.0. The van der Waals surface area contributed by atoms with Gasteiger partial charge < -0.3 is 9.32 Å². The van der Waals surface area contributed by atoms with E-state index >= 15 is 0 Å². The summed E-state index contributed by atoms with van der Waals surface area (Å²) in [5.74, 6) is 2.88. The van der Waals surface area contributed by atoms with Crippen molar-refractivity contribution in [2.24, 2.45) is 11.8 Å². The molecule has 2 aliphatic heterocycles. The summed E-state index contributed by atoms with van der Waals surface area (Å²) < 4.78 is 6.67. The summed E-state index contributed by atoms with van der Waals surface area (Å²) in [6.45, 7) is 1.09. The van der Waals surface area contributed by atoms with E-state index in [2.05, 4.69) is 83.9 Å². The summed E-state index contributed by atoms with van der Waals surface area (Å²) in [6.07, 6.45) is 19.0. The van der Waals surface area contributed by atoms with Crippen molar-refractivity contribution in [1.82, 2.24) is 4.90 Å². The van der Waals surface area contributed by atoms with Crippen molar-refractivity contribution in [3.63, 3.8) is 0 Å². The van der Waals surface area contributed by atoms with Crippen molar-refractivity contribution < 1.29 is 4.42 Å². The Morgan fingerprint density at radius 2 is 1.75 bits per heavy atom. The Kier molecular flexibility index (Phi) is 4.21. The number of furan rings is 1. The van der Waals surface area contributed by atoms with Crippen LogP contribution in [0.4, 0.5) is 0 Å². The Morgan fingerprint density at radius 3 is 2.62 bits per heavy atom. The lowest BCUT2D eigenvalue weighted by Crippen LogP contribution is -2.29. The molecular weight excluding hydrogens is 390 g/mol. The molecule has 1 saturated heterocycles. The number of nitrogens with zero attached hydrogens (tertiary/aromatic N) is 1. The van der Waals surface area contributed by atoms with Gasteiger partial charge in [0.1, 0.15) is 11.3 Å². The van der Waals surface area contributed by atoms with E-state index in [1.165, 1.54) is 59.9 Å². The van der Waals surface area contributed by atoms with Crippen LogP contribution in [0.1, 0.15) is 49.3 Å². The maximum absolute atomic E-state index is 6.67. The minimum atomic E-state index is 0.408.